The highest BCUT2D eigenvalue weighted by atomic mass is 35.5. The third-order valence-corrected chi connectivity index (χ3v) is 4.90. The molecule has 0 bridgehead atoms. The minimum atomic E-state index is -0.540. The molecule has 4 nitrogen and oxygen atoms in total. The van der Waals surface area contributed by atoms with Gasteiger partial charge in [0.15, 0.2) is 0 Å². The zero-order valence-electron chi connectivity index (χ0n) is 13.8. The van der Waals surface area contributed by atoms with Gasteiger partial charge in [0.25, 0.3) is 5.91 Å². The van der Waals surface area contributed by atoms with Gasteiger partial charge in [0, 0.05) is 29.4 Å². The first kappa shape index (κ1) is 18.7. The van der Waals surface area contributed by atoms with E-state index in [9.17, 15) is 14.0 Å². The maximum atomic E-state index is 13.2. The van der Waals surface area contributed by atoms with Crippen LogP contribution >= 0.6 is 23.2 Å². The van der Waals surface area contributed by atoms with Crippen LogP contribution in [0.2, 0.25) is 10.0 Å². The van der Waals surface area contributed by atoms with Crippen molar-refractivity contribution in [2.45, 2.75) is 12.8 Å². The van der Waals surface area contributed by atoms with Crippen LogP contribution in [0.15, 0.2) is 42.5 Å². The molecule has 1 aliphatic rings. The molecule has 1 atom stereocenters. The fourth-order valence-corrected chi connectivity index (χ4v) is 3.28. The number of amides is 2. The van der Waals surface area contributed by atoms with E-state index >= 15 is 0 Å². The molecule has 1 aliphatic heterocycles. The van der Waals surface area contributed by atoms with E-state index in [0.717, 1.165) is 6.42 Å². The Labute approximate surface area is 160 Å². The molecule has 26 heavy (non-hydrogen) atoms. The van der Waals surface area contributed by atoms with Crippen LogP contribution in [0.4, 0.5) is 10.1 Å². The molecule has 7 heteroatoms. The Morgan fingerprint density at radius 3 is 2.54 bits per heavy atom. The van der Waals surface area contributed by atoms with Gasteiger partial charge in [-0.1, -0.05) is 23.2 Å². The summed E-state index contributed by atoms with van der Waals surface area (Å²) < 4.78 is 13.2. The van der Waals surface area contributed by atoms with Crippen LogP contribution in [0, 0.1) is 11.7 Å². The second-order valence-electron chi connectivity index (χ2n) is 6.22. The van der Waals surface area contributed by atoms with Crippen molar-refractivity contribution in [3.05, 3.63) is 63.9 Å². The van der Waals surface area contributed by atoms with Crippen molar-refractivity contribution in [2.24, 2.45) is 5.92 Å². The first-order valence-corrected chi connectivity index (χ1v) is 9.00. The number of piperidine rings is 1. The third kappa shape index (κ3) is 4.34. The molecule has 2 aromatic rings. The minimum Gasteiger partial charge on any atom is -0.338 e. The number of nitrogens with one attached hydrogen (secondary N) is 1. The van der Waals surface area contributed by atoms with Crippen molar-refractivity contribution in [1.29, 1.82) is 0 Å². The Hall–Kier alpha value is -2.11. The normalized spacial score (nSPS) is 17.0. The summed E-state index contributed by atoms with van der Waals surface area (Å²) in [6, 6.07) is 10.7. The van der Waals surface area contributed by atoms with Gasteiger partial charge in [0.1, 0.15) is 5.82 Å². The van der Waals surface area contributed by atoms with Gasteiger partial charge < -0.3 is 10.2 Å². The average Bonchev–Trinajstić information content (AvgIpc) is 2.65. The number of hydrogen-bond donors (Lipinski definition) is 1. The molecule has 1 heterocycles. The Morgan fingerprint density at radius 2 is 1.85 bits per heavy atom. The van der Waals surface area contributed by atoms with Crippen molar-refractivity contribution < 1.29 is 14.0 Å². The second-order valence-corrected chi connectivity index (χ2v) is 7.06. The molecule has 0 radical (unpaired) electrons. The number of rotatable bonds is 3. The first-order valence-electron chi connectivity index (χ1n) is 8.25. The van der Waals surface area contributed by atoms with Gasteiger partial charge in [-0.05, 0) is 55.3 Å². The first-order chi connectivity index (χ1) is 12.4. The molecular weight excluding hydrogens is 378 g/mol. The molecule has 0 saturated carbocycles. The predicted octanol–water partition coefficient (Wildman–Crippen LogP) is 4.62. The summed E-state index contributed by atoms with van der Waals surface area (Å²) in [5, 5.41) is 3.26. The fourth-order valence-electron chi connectivity index (χ4n) is 2.97. The highest BCUT2D eigenvalue weighted by Crippen LogP contribution is 2.23. The van der Waals surface area contributed by atoms with Crippen molar-refractivity contribution in [2.75, 3.05) is 18.4 Å². The van der Waals surface area contributed by atoms with Crippen LogP contribution < -0.4 is 5.32 Å². The minimum absolute atomic E-state index is 0.0500. The predicted molar refractivity (Wildman–Crippen MR) is 100 cm³/mol. The van der Waals surface area contributed by atoms with Crippen LogP contribution in [0.3, 0.4) is 0 Å². The van der Waals surface area contributed by atoms with Crippen LogP contribution in [0.1, 0.15) is 23.2 Å². The molecule has 1 unspecified atom stereocenters. The number of nitrogens with zero attached hydrogens (tertiary/aromatic N) is 1. The molecule has 2 aromatic carbocycles. The van der Waals surface area contributed by atoms with Crippen molar-refractivity contribution in [3.8, 4) is 0 Å². The van der Waals surface area contributed by atoms with E-state index in [1.165, 1.54) is 18.2 Å². The van der Waals surface area contributed by atoms with Gasteiger partial charge in [-0.3, -0.25) is 9.59 Å². The average molecular weight is 395 g/mol. The summed E-state index contributed by atoms with van der Waals surface area (Å²) in [6.07, 6.45) is 1.42. The van der Waals surface area contributed by atoms with Gasteiger partial charge in [0.2, 0.25) is 5.91 Å². The highest BCUT2D eigenvalue weighted by Gasteiger charge is 2.29. The lowest BCUT2D eigenvalue weighted by Crippen LogP contribution is -2.43. The van der Waals surface area contributed by atoms with Gasteiger partial charge in [-0.15, -0.1) is 0 Å². The van der Waals surface area contributed by atoms with E-state index in [0.29, 0.717) is 35.8 Å². The number of halogens is 3. The summed E-state index contributed by atoms with van der Waals surface area (Å²) in [5.41, 5.74) is 0.975. The maximum absolute atomic E-state index is 13.2. The number of benzene rings is 2. The fraction of sp³-hybridized carbons (Fsp3) is 0.263. The van der Waals surface area contributed by atoms with E-state index in [1.807, 2.05) is 0 Å². The number of likely N-dealkylation sites (tertiary alicyclic amines) is 1. The highest BCUT2D eigenvalue weighted by molar-refractivity contribution is 6.31. The van der Waals surface area contributed by atoms with E-state index < -0.39 is 5.82 Å². The molecule has 1 N–H and O–H groups in total. The molecule has 2 amide bonds. The Balaban J connectivity index is 1.65. The molecular formula is C19H17Cl2FN2O2. The van der Waals surface area contributed by atoms with Gasteiger partial charge in [0.05, 0.1) is 10.9 Å². The maximum Gasteiger partial charge on any atom is 0.253 e. The van der Waals surface area contributed by atoms with E-state index in [2.05, 4.69) is 5.32 Å². The molecule has 136 valence electrons. The quantitative estimate of drug-likeness (QED) is 0.825. The van der Waals surface area contributed by atoms with Crippen LogP contribution in [0.5, 0.6) is 0 Å². The molecule has 0 aromatic heterocycles. The Bertz CT molecular complexity index is 827. The molecule has 1 saturated heterocycles. The monoisotopic (exact) mass is 394 g/mol. The Morgan fingerprint density at radius 1 is 1.12 bits per heavy atom. The van der Waals surface area contributed by atoms with E-state index in [-0.39, 0.29) is 22.8 Å². The SMILES string of the molecule is O=C(Nc1ccc(F)c(Cl)c1)C1CCCN(C(=O)c2ccc(Cl)cc2)C1. The second kappa shape index (κ2) is 8.06. The van der Waals surface area contributed by atoms with Crippen LogP contribution in [-0.4, -0.2) is 29.8 Å². The van der Waals surface area contributed by atoms with Gasteiger partial charge in [-0.2, -0.15) is 0 Å². The summed E-state index contributed by atoms with van der Waals surface area (Å²) in [7, 11) is 0. The Kier molecular flexibility index (Phi) is 5.79. The summed E-state index contributed by atoms with van der Waals surface area (Å²) in [4.78, 5) is 26.8. The topological polar surface area (TPSA) is 49.4 Å². The van der Waals surface area contributed by atoms with Crippen molar-refractivity contribution >= 4 is 40.7 Å². The lowest BCUT2D eigenvalue weighted by atomic mass is 9.96. The van der Waals surface area contributed by atoms with Crippen molar-refractivity contribution in [1.82, 2.24) is 4.90 Å². The lowest BCUT2D eigenvalue weighted by Gasteiger charge is -2.32. The third-order valence-electron chi connectivity index (χ3n) is 4.36. The summed E-state index contributed by atoms with van der Waals surface area (Å²) >= 11 is 11.6. The molecule has 1 fully saturated rings. The number of carbonyl (C=O) groups excluding carboxylic acids is 2. The lowest BCUT2D eigenvalue weighted by molar-refractivity contribution is -0.121. The van der Waals surface area contributed by atoms with Gasteiger partial charge >= 0.3 is 0 Å². The number of carbonyl (C=O) groups is 2. The smallest absolute Gasteiger partial charge is 0.253 e. The summed E-state index contributed by atoms with van der Waals surface area (Å²) in [5.74, 6) is -1.20. The largest absolute Gasteiger partial charge is 0.338 e. The molecule has 0 spiro atoms. The molecule has 3 rings (SSSR count). The zero-order chi connectivity index (χ0) is 18.7. The van der Waals surface area contributed by atoms with E-state index in [4.69, 9.17) is 23.2 Å². The number of anilines is 1. The zero-order valence-corrected chi connectivity index (χ0v) is 15.4. The van der Waals surface area contributed by atoms with Gasteiger partial charge in [-0.25, -0.2) is 4.39 Å². The van der Waals surface area contributed by atoms with Crippen molar-refractivity contribution in [3.63, 3.8) is 0 Å². The standard InChI is InChI=1S/C19H17Cl2FN2O2/c20-14-5-3-12(4-6-14)19(26)24-9-1-2-13(11-24)18(25)23-15-7-8-17(22)16(21)10-15/h3-8,10,13H,1-2,9,11H2,(H,23,25). The molecule has 0 aliphatic carbocycles. The van der Waals surface area contributed by atoms with E-state index in [1.54, 1.807) is 29.2 Å². The number of hydrogen-bond acceptors (Lipinski definition) is 2. The summed E-state index contributed by atoms with van der Waals surface area (Å²) in [6.45, 7) is 0.940. The van der Waals surface area contributed by atoms with Crippen LogP contribution in [0.25, 0.3) is 0 Å². The van der Waals surface area contributed by atoms with Crippen LogP contribution in [-0.2, 0) is 4.79 Å².